The lowest BCUT2D eigenvalue weighted by molar-refractivity contribution is 0.355. The molecule has 0 aliphatic rings. The summed E-state index contributed by atoms with van der Waals surface area (Å²) in [5.74, 6) is 0. The van der Waals surface area contributed by atoms with E-state index in [0.717, 1.165) is 11.1 Å². The van der Waals surface area contributed by atoms with Crippen LogP contribution in [0.3, 0.4) is 0 Å². The molecule has 28 heavy (non-hydrogen) atoms. The van der Waals surface area contributed by atoms with Crippen LogP contribution >= 0.6 is 0 Å². The monoisotopic (exact) mass is 422 g/mol. The molecule has 6 nitrogen and oxygen atoms in total. The Kier molecular flexibility index (Phi) is 7.70. The molecule has 2 aromatic rings. The van der Waals surface area contributed by atoms with E-state index in [1.807, 2.05) is 13.8 Å². The van der Waals surface area contributed by atoms with Crippen LogP contribution in [0.2, 0.25) is 0 Å². The molecule has 0 saturated carbocycles. The second-order valence-electron chi connectivity index (χ2n) is 5.96. The van der Waals surface area contributed by atoms with E-state index in [0.29, 0.717) is 0 Å². The van der Waals surface area contributed by atoms with Crippen LogP contribution in [0.25, 0.3) is 0 Å². The Balaban J connectivity index is 1.77. The lowest BCUT2D eigenvalue weighted by atomic mass is 10.2. The molecular weight excluding hydrogens is 400 g/mol. The van der Waals surface area contributed by atoms with E-state index in [-0.39, 0.29) is 23.0 Å². The summed E-state index contributed by atoms with van der Waals surface area (Å²) in [7, 11) is -7.61. The molecule has 0 spiro atoms. The second kappa shape index (κ2) is 9.79. The van der Waals surface area contributed by atoms with Crippen LogP contribution in [0, 0.1) is 13.8 Å². The van der Waals surface area contributed by atoms with Crippen molar-refractivity contribution in [2.75, 3.05) is 13.2 Å². The van der Waals surface area contributed by atoms with Gasteiger partial charge in [0.15, 0.2) is 0 Å². The quantitative estimate of drug-likeness (QED) is 0.454. The zero-order valence-electron chi connectivity index (χ0n) is 15.6. The average Bonchev–Trinajstić information content (AvgIpc) is 2.64. The fourth-order valence-corrected chi connectivity index (χ4v) is 3.80. The van der Waals surface area contributed by atoms with E-state index >= 15 is 0 Å². The molecule has 2 aromatic carbocycles. The highest BCUT2D eigenvalue weighted by molar-refractivity contribution is 7.87. The number of aryl methyl sites for hydroxylation is 2. The Hall–Kier alpha value is -2.26. The SMILES string of the molecule is Cc1ccc(S(=O)(=O)OC/C=C/C=C/COS(=O)(=O)c2ccc(C)cc2)cc1. The molecule has 0 saturated heterocycles. The van der Waals surface area contributed by atoms with Crippen LogP contribution < -0.4 is 0 Å². The van der Waals surface area contributed by atoms with Gasteiger partial charge in [-0.2, -0.15) is 16.8 Å². The van der Waals surface area contributed by atoms with Crippen molar-refractivity contribution < 1.29 is 25.2 Å². The van der Waals surface area contributed by atoms with Gasteiger partial charge in [0.2, 0.25) is 0 Å². The van der Waals surface area contributed by atoms with Gasteiger partial charge >= 0.3 is 0 Å². The average molecular weight is 423 g/mol. The minimum absolute atomic E-state index is 0.0942. The maximum absolute atomic E-state index is 12.0. The zero-order chi connectivity index (χ0) is 20.6. The summed E-state index contributed by atoms with van der Waals surface area (Å²) in [6, 6.07) is 12.7. The van der Waals surface area contributed by atoms with E-state index in [4.69, 9.17) is 8.37 Å². The van der Waals surface area contributed by atoms with E-state index in [1.54, 1.807) is 36.4 Å². The normalized spacial score (nSPS) is 12.8. The van der Waals surface area contributed by atoms with Crippen molar-refractivity contribution in [3.8, 4) is 0 Å². The van der Waals surface area contributed by atoms with Gasteiger partial charge in [-0.1, -0.05) is 59.7 Å². The van der Waals surface area contributed by atoms with Gasteiger partial charge in [0.05, 0.1) is 23.0 Å². The summed E-state index contributed by atoms with van der Waals surface area (Å²) in [4.78, 5) is 0.188. The van der Waals surface area contributed by atoms with Crippen molar-refractivity contribution in [2.24, 2.45) is 0 Å². The highest BCUT2D eigenvalue weighted by Gasteiger charge is 2.14. The number of benzene rings is 2. The van der Waals surface area contributed by atoms with Crippen molar-refractivity contribution in [1.29, 1.82) is 0 Å². The third kappa shape index (κ3) is 6.72. The van der Waals surface area contributed by atoms with Crippen molar-refractivity contribution in [3.63, 3.8) is 0 Å². The highest BCUT2D eigenvalue weighted by Crippen LogP contribution is 2.14. The first kappa shape index (κ1) is 22.0. The van der Waals surface area contributed by atoms with Gasteiger partial charge in [-0.25, -0.2) is 0 Å². The number of rotatable bonds is 9. The molecule has 0 unspecified atom stereocenters. The van der Waals surface area contributed by atoms with E-state index in [1.165, 1.54) is 36.4 Å². The predicted molar refractivity (Wildman–Crippen MR) is 107 cm³/mol. The molecule has 0 heterocycles. The number of hydrogen-bond acceptors (Lipinski definition) is 6. The van der Waals surface area contributed by atoms with Crippen LogP contribution in [0.15, 0.2) is 82.6 Å². The van der Waals surface area contributed by atoms with Gasteiger partial charge in [0.25, 0.3) is 20.2 Å². The molecule has 0 radical (unpaired) electrons. The van der Waals surface area contributed by atoms with Gasteiger partial charge in [0.1, 0.15) is 0 Å². The first-order valence-corrected chi connectivity index (χ1v) is 11.3. The van der Waals surface area contributed by atoms with Crippen LogP contribution in [0.4, 0.5) is 0 Å². The summed E-state index contributed by atoms with van der Waals surface area (Å²) >= 11 is 0. The van der Waals surface area contributed by atoms with Gasteiger partial charge < -0.3 is 0 Å². The minimum Gasteiger partial charge on any atom is -0.262 e. The van der Waals surface area contributed by atoms with Crippen molar-refractivity contribution >= 4 is 20.2 Å². The molecule has 0 N–H and O–H groups in total. The Labute approximate surface area is 166 Å². The largest absolute Gasteiger partial charge is 0.297 e. The maximum atomic E-state index is 12.0. The molecule has 0 aliphatic carbocycles. The summed E-state index contributed by atoms with van der Waals surface area (Å²) in [5, 5.41) is 0. The lowest BCUT2D eigenvalue weighted by Gasteiger charge is -2.03. The Morgan fingerprint density at radius 3 is 1.29 bits per heavy atom. The Bertz CT molecular complexity index is 945. The molecule has 0 atom stereocenters. The van der Waals surface area contributed by atoms with Gasteiger partial charge in [-0.15, -0.1) is 0 Å². The molecule has 0 aromatic heterocycles. The maximum Gasteiger partial charge on any atom is 0.297 e. The smallest absolute Gasteiger partial charge is 0.262 e. The van der Waals surface area contributed by atoms with Crippen LogP contribution in [0.5, 0.6) is 0 Å². The summed E-state index contributed by atoms with van der Waals surface area (Å²) in [6.45, 7) is 3.45. The van der Waals surface area contributed by atoms with E-state index < -0.39 is 20.2 Å². The lowest BCUT2D eigenvalue weighted by Crippen LogP contribution is -2.06. The summed E-state index contributed by atoms with van der Waals surface area (Å²) in [5.41, 5.74) is 1.91. The fraction of sp³-hybridized carbons (Fsp3) is 0.200. The second-order valence-corrected chi connectivity index (χ2v) is 9.19. The third-order valence-electron chi connectivity index (χ3n) is 3.64. The van der Waals surface area contributed by atoms with Crippen molar-refractivity contribution in [3.05, 3.63) is 84.0 Å². The van der Waals surface area contributed by atoms with Crippen LogP contribution in [0.1, 0.15) is 11.1 Å². The molecule has 150 valence electrons. The van der Waals surface area contributed by atoms with Gasteiger partial charge in [-0.05, 0) is 38.1 Å². The van der Waals surface area contributed by atoms with Crippen LogP contribution in [-0.2, 0) is 28.6 Å². The van der Waals surface area contributed by atoms with Gasteiger partial charge in [-0.3, -0.25) is 8.37 Å². The Morgan fingerprint density at radius 1 is 0.643 bits per heavy atom. The molecule has 0 bridgehead atoms. The highest BCUT2D eigenvalue weighted by atomic mass is 32.2. The standard InChI is InChI=1S/C20H22O6S2/c1-17-7-11-19(12-8-17)27(21,22)25-15-5-3-4-6-16-26-28(23,24)20-13-9-18(2)10-14-20/h3-14H,15-16H2,1-2H3/b5-3+,6-4+. The first-order chi connectivity index (χ1) is 13.2. The van der Waals surface area contributed by atoms with Crippen LogP contribution in [-0.4, -0.2) is 30.0 Å². The zero-order valence-corrected chi connectivity index (χ0v) is 17.2. The topological polar surface area (TPSA) is 86.7 Å². The van der Waals surface area contributed by atoms with Gasteiger partial charge in [0, 0.05) is 0 Å². The van der Waals surface area contributed by atoms with E-state index in [2.05, 4.69) is 0 Å². The first-order valence-electron chi connectivity index (χ1n) is 8.44. The summed E-state index contributed by atoms with van der Waals surface area (Å²) < 4.78 is 57.8. The Morgan fingerprint density at radius 2 is 0.964 bits per heavy atom. The van der Waals surface area contributed by atoms with Crippen molar-refractivity contribution in [2.45, 2.75) is 23.6 Å². The number of hydrogen-bond donors (Lipinski definition) is 0. The molecule has 2 rings (SSSR count). The molecular formula is C20H22O6S2. The predicted octanol–water partition coefficient (Wildman–Crippen LogP) is 3.53. The minimum atomic E-state index is -3.81. The number of allylic oxidation sites excluding steroid dienone is 2. The van der Waals surface area contributed by atoms with E-state index in [9.17, 15) is 16.8 Å². The molecule has 0 fully saturated rings. The van der Waals surface area contributed by atoms with Crippen molar-refractivity contribution in [1.82, 2.24) is 0 Å². The fourth-order valence-electron chi connectivity index (χ4n) is 2.07. The third-order valence-corrected chi connectivity index (χ3v) is 6.23. The molecule has 8 heteroatoms. The molecule has 0 aliphatic heterocycles. The molecule has 0 amide bonds. The summed E-state index contributed by atoms with van der Waals surface area (Å²) in [6.07, 6.45) is 6.09.